The van der Waals surface area contributed by atoms with E-state index in [1.807, 2.05) is 32.3 Å². The number of rotatable bonds is 4. The lowest BCUT2D eigenvalue weighted by Gasteiger charge is -2.26. The van der Waals surface area contributed by atoms with Crippen molar-refractivity contribution in [2.45, 2.75) is 24.3 Å². The molecule has 1 aliphatic carbocycles. The summed E-state index contributed by atoms with van der Waals surface area (Å²) in [5, 5.41) is 6.56. The van der Waals surface area contributed by atoms with Crippen LogP contribution in [0.25, 0.3) is 5.52 Å². The summed E-state index contributed by atoms with van der Waals surface area (Å²) in [6, 6.07) is 4.12. The molecule has 1 unspecified atom stereocenters. The number of hydrogen-bond acceptors (Lipinski definition) is 4. The Morgan fingerprint density at radius 2 is 2.17 bits per heavy atom. The molecule has 0 spiro atoms. The number of carbonyl (C=O) groups is 1. The molecule has 0 aromatic carbocycles. The van der Waals surface area contributed by atoms with E-state index in [2.05, 4.69) is 32.3 Å². The van der Waals surface area contributed by atoms with Gasteiger partial charge in [0, 0.05) is 17.0 Å². The van der Waals surface area contributed by atoms with Gasteiger partial charge in [-0.1, -0.05) is 0 Å². The summed E-state index contributed by atoms with van der Waals surface area (Å²) in [7, 11) is 0. The van der Waals surface area contributed by atoms with Gasteiger partial charge in [-0.15, -0.1) is 11.8 Å². The topological polar surface area (TPSA) is 58.4 Å². The number of carbonyl (C=O) groups excluding carboxylic acids is 1. The van der Waals surface area contributed by atoms with Crippen molar-refractivity contribution < 1.29 is 4.79 Å². The molecular formula is C17H22N4OS. The second-order valence-corrected chi connectivity index (χ2v) is 7.89. The molecule has 2 N–H and O–H groups in total. The number of thioether (sulfide) groups is 1. The van der Waals surface area contributed by atoms with Crippen molar-refractivity contribution in [2.24, 2.45) is 17.8 Å². The van der Waals surface area contributed by atoms with Crippen LogP contribution in [-0.2, 0) is 10.3 Å². The fourth-order valence-electron chi connectivity index (χ4n) is 3.89. The smallest absolute Gasteiger partial charge is 0.224 e. The summed E-state index contributed by atoms with van der Waals surface area (Å²) in [5.74, 6) is 2.30. The first-order valence-electron chi connectivity index (χ1n) is 8.06. The van der Waals surface area contributed by atoms with Gasteiger partial charge in [0.15, 0.2) is 0 Å². The molecule has 2 aromatic heterocycles. The third-order valence-electron chi connectivity index (χ3n) is 5.14. The van der Waals surface area contributed by atoms with Gasteiger partial charge in [0.1, 0.15) is 5.82 Å². The molecule has 2 aliphatic rings. The number of fused-ring (bicyclic) bond motifs is 2. The Morgan fingerprint density at radius 3 is 2.87 bits per heavy atom. The SMILES string of the molecule is CSc1cccn2c(C(C)(C)NC(=O)C3[C@H]4CNC[C@@H]34)ncc12. The molecule has 3 heterocycles. The Kier molecular flexibility index (Phi) is 3.43. The maximum atomic E-state index is 12.6. The average molecular weight is 330 g/mol. The standard InChI is InChI=1S/C17H22N4OS/c1-17(2,20-15(22)14-10-7-18-8-11(10)14)16-19-9-12-13(23-3)5-4-6-21(12)16/h4-6,9-11,14,18H,7-8H2,1-3H3,(H,20,22)/t10-,11+,14?. The van der Waals surface area contributed by atoms with Crippen LogP contribution in [0.2, 0.25) is 0 Å². The van der Waals surface area contributed by atoms with Gasteiger partial charge in [-0.3, -0.25) is 4.79 Å². The van der Waals surface area contributed by atoms with Gasteiger partial charge >= 0.3 is 0 Å². The first-order chi connectivity index (χ1) is 11.0. The van der Waals surface area contributed by atoms with Crippen molar-refractivity contribution in [3.8, 4) is 0 Å². The van der Waals surface area contributed by atoms with Crippen LogP contribution in [0, 0.1) is 17.8 Å². The van der Waals surface area contributed by atoms with Gasteiger partial charge < -0.3 is 15.0 Å². The molecular weight excluding hydrogens is 308 g/mol. The molecule has 0 bridgehead atoms. The fraction of sp³-hybridized carbons (Fsp3) is 0.529. The lowest BCUT2D eigenvalue weighted by molar-refractivity contribution is -0.124. The van der Waals surface area contributed by atoms with Crippen molar-refractivity contribution in [3.05, 3.63) is 30.4 Å². The Hall–Kier alpha value is -1.53. The van der Waals surface area contributed by atoms with Gasteiger partial charge in [-0.2, -0.15) is 0 Å². The van der Waals surface area contributed by atoms with Crippen molar-refractivity contribution >= 4 is 23.2 Å². The fourth-order valence-corrected chi connectivity index (χ4v) is 4.46. The van der Waals surface area contributed by atoms with Crippen LogP contribution < -0.4 is 10.6 Å². The molecule has 5 nitrogen and oxygen atoms in total. The van der Waals surface area contributed by atoms with Gasteiger partial charge in [0.2, 0.25) is 5.91 Å². The first-order valence-corrected chi connectivity index (χ1v) is 9.28. The van der Waals surface area contributed by atoms with E-state index >= 15 is 0 Å². The van der Waals surface area contributed by atoms with E-state index in [1.165, 1.54) is 4.90 Å². The Balaban J connectivity index is 1.60. The van der Waals surface area contributed by atoms with Crippen LogP contribution in [0.15, 0.2) is 29.4 Å². The van der Waals surface area contributed by atoms with Gasteiger partial charge in [-0.25, -0.2) is 4.98 Å². The number of piperidine rings is 1. The van der Waals surface area contributed by atoms with E-state index < -0.39 is 5.54 Å². The molecule has 2 fully saturated rings. The molecule has 122 valence electrons. The second-order valence-electron chi connectivity index (χ2n) is 7.04. The minimum Gasteiger partial charge on any atom is -0.344 e. The van der Waals surface area contributed by atoms with Crippen LogP contribution in [0.3, 0.4) is 0 Å². The predicted molar refractivity (Wildman–Crippen MR) is 91.5 cm³/mol. The van der Waals surface area contributed by atoms with E-state index in [0.29, 0.717) is 11.8 Å². The van der Waals surface area contributed by atoms with E-state index in [-0.39, 0.29) is 11.8 Å². The number of aromatic nitrogens is 2. The maximum absolute atomic E-state index is 12.6. The highest BCUT2D eigenvalue weighted by Crippen LogP contribution is 2.49. The average Bonchev–Trinajstić information content (AvgIpc) is 2.91. The normalized spacial score (nSPS) is 26.3. The van der Waals surface area contributed by atoms with Crippen molar-refractivity contribution in [3.63, 3.8) is 0 Å². The zero-order valence-electron chi connectivity index (χ0n) is 13.7. The second kappa shape index (κ2) is 5.24. The van der Waals surface area contributed by atoms with Crippen molar-refractivity contribution in [1.29, 1.82) is 0 Å². The largest absolute Gasteiger partial charge is 0.344 e. The summed E-state index contributed by atoms with van der Waals surface area (Å²) in [6.45, 7) is 6.02. The summed E-state index contributed by atoms with van der Waals surface area (Å²) < 4.78 is 2.08. The molecule has 0 radical (unpaired) electrons. The van der Waals surface area contributed by atoms with Crippen LogP contribution in [0.5, 0.6) is 0 Å². The number of amides is 1. The van der Waals surface area contributed by atoms with E-state index in [4.69, 9.17) is 0 Å². The van der Waals surface area contributed by atoms with Crippen LogP contribution in [-0.4, -0.2) is 34.6 Å². The molecule has 3 atom stereocenters. The quantitative estimate of drug-likeness (QED) is 0.841. The third-order valence-corrected chi connectivity index (χ3v) is 5.93. The summed E-state index contributed by atoms with van der Waals surface area (Å²) in [6.07, 6.45) is 5.97. The highest BCUT2D eigenvalue weighted by Gasteiger charge is 2.57. The molecule has 23 heavy (non-hydrogen) atoms. The summed E-state index contributed by atoms with van der Waals surface area (Å²) in [4.78, 5) is 18.4. The third kappa shape index (κ3) is 2.35. The number of nitrogens with one attached hydrogen (secondary N) is 2. The van der Waals surface area contributed by atoms with E-state index in [9.17, 15) is 4.79 Å². The predicted octanol–water partition coefficient (Wildman–Crippen LogP) is 1.87. The number of nitrogens with zero attached hydrogens (tertiary/aromatic N) is 2. The van der Waals surface area contributed by atoms with Crippen LogP contribution in [0.1, 0.15) is 19.7 Å². The Labute approximate surface area is 140 Å². The molecule has 6 heteroatoms. The van der Waals surface area contributed by atoms with Crippen molar-refractivity contribution in [1.82, 2.24) is 20.0 Å². The monoisotopic (exact) mass is 330 g/mol. The van der Waals surface area contributed by atoms with E-state index in [0.717, 1.165) is 24.4 Å². The number of pyridine rings is 1. The minimum atomic E-state index is -0.495. The molecule has 1 saturated carbocycles. The number of imidazole rings is 1. The first kappa shape index (κ1) is 15.0. The zero-order chi connectivity index (χ0) is 16.2. The van der Waals surface area contributed by atoms with Crippen LogP contribution in [0.4, 0.5) is 0 Å². The zero-order valence-corrected chi connectivity index (χ0v) is 14.5. The lowest BCUT2D eigenvalue weighted by Crippen LogP contribution is -2.44. The molecule has 1 aliphatic heterocycles. The summed E-state index contributed by atoms with van der Waals surface area (Å²) in [5.41, 5.74) is 0.593. The van der Waals surface area contributed by atoms with E-state index in [1.54, 1.807) is 11.8 Å². The Bertz CT molecular complexity index is 759. The van der Waals surface area contributed by atoms with Gasteiger partial charge in [0.05, 0.1) is 17.3 Å². The Morgan fingerprint density at radius 1 is 1.43 bits per heavy atom. The highest BCUT2D eigenvalue weighted by molar-refractivity contribution is 7.98. The highest BCUT2D eigenvalue weighted by atomic mass is 32.2. The van der Waals surface area contributed by atoms with Crippen molar-refractivity contribution in [2.75, 3.05) is 19.3 Å². The van der Waals surface area contributed by atoms with Crippen LogP contribution >= 0.6 is 11.8 Å². The number of hydrogen-bond donors (Lipinski definition) is 2. The summed E-state index contributed by atoms with van der Waals surface area (Å²) >= 11 is 1.71. The van der Waals surface area contributed by atoms with Gasteiger partial charge in [-0.05, 0) is 57.2 Å². The molecule has 2 aromatic rings. The molecule has 4 rings (SSSR count). The maximum Gasteiger partial charge on any atom is 0.224 e. The lowest BCUT2D eigenvalue weighted by atomic mass is 10.0. The molecule has 1 amide bonds. The molecule has 1 saturated heterocycles. The minimum absolute atomic E-state index is 0.171. The van der Waals surface area contributed by atoms with Gasteiger partial charge in [0.25, 0.3) is 0 Å².